The van der Waals surface area contributed by atoms with Crippen LogP contribution in [0.15, 0.2) is 24.3 Å². The lowest BCUT2D eigenvalue weighted by atomic mass is 10.1. The number of hydrogen-bond donors (Lipinski definition) is 2. The maximum atomic E-state index is 11.5. The number of terminal acetylenes is 1. The Morgan fingerprint density at radius 2 is 2.35 bits per heavy atom. The van der Waals surface area contributed by atoms with E-state index in [1.165, 1.54) is 0 Å². The normalized spacial score (nSPS) is 11.6. The zero-order valence-corrected chi connectivity index (χ0v) is 10.4. The van der Waals surface area contributed by atoms with Gasteiger partial charge in [-0.3, -0.25) is 10.1 Å². The summed E-state index contributed by atoms with van der Waals surface area (Å²) in [7, 11) is 0. The molecule has 0 aliphatic rings. The van der Waals surface area contributed by atoms with Gasteiger partial charge in [0.25, 0.3) is 0 Å². The Bertz CT molecular complexity index is 426. The van der Waals surface area contributed by atoms with Crippen molar-refractivity contribution < 1.29 is 4.79 Å². The minimum absolute atomic E-state index is 0.0752. The molecular formula is C13H15ClN2O. The molecule has 0 spiro atoms. The number of amides is 1. The minimum atomic E-state index is -0.0901. The summed E-state index contributed by atoms with van der Waals surface area (Å²) in [6, 6.07) is 7.34. The molecule has 90 valence electrons. The van der Waals surface area contributed by atoms with Crippen LogP contribution in [-0.2, 0) is 4.79 Å². The third kappa shape index (κ3) is 4.90. The fraction of sp³-hybridized carbons (Fsp3) is 0.308. The highest BCUT2D eigenvalue weighted by Crippen LogP contribution is 2.16. The molecule has 1 aromatic carbocycles. The molecule has 1 aromatic rings. The van der Waals surface area contributed by atoms with E-state index in [9.17, 15) is 4.79 Å². The number of hydrogen-bond acceptors (Lipinski definition) is 2. The van der Waals surface area contributed by atoms with E-state index in [4.69, 9.17) is 18.0 Å². The lowest BCUT2D eigenvalue weighted by Crippen LogP contribution is -2.35. The zero-order chi connectivity index (χ0) is 12.7. The Morgan fingerprint density at radius 1 is 1.59 bits per heavy atom. The highest BCUT2D eigenvalue weighted by atomic mass is 35.5. The van der Waals surface area contributed by atoms with E-state index in [1.54, 1.807) is 6.07 Å². The monoisotopic (exact) mass is 250 g/mol. The Morgan fingerprint density at radius 3 is 3.00 bits per heavy atom. The van der Waals surface area contributed by atoms with E-state index in [0.717, 1.165) is 5.56 Å². The molecule has 1 rings (SSSR count). The Balaban J connectivity index is 2.46. The Labute approximate surface area is 107 Å². The molecule has 1 atom stereocenters. The zero-order valence-electron chi connectivity index (χ0n) is 9.66. The minimum Gasteiger partial charge on any atom is -0.348 e. The van der Waals surface area contributed by atoms with E-state index in [1.807, 2.05) is 25.1 Å². The van der Waals surface area contributed by atoms with Crippen LogP contribution in [0.5, 0.6) is 0 Å². The summed E-state index contributed by atoms with van der Waals surface area (Å²) in [5.41, 5.74) is 0.975. The predicted octanol–water partition coefficient (Wildman–Crippen LogP) is 1.74. The van der Waals surface area contributed by atoms with E-state index < -0.39 is 0 Å². The SMILES string of the molecule is C#CCNCC(=O)N[C@@H](C)c1cccc(Cl)c1. The van der Waals surface area contributed by atoms with Gasteiger partial charge < -0.3 is 5.32 Å². The average molecular weight is 251 g/mol. The molecule has 0 aliphatic carbocycles. The van der Waals surface area contributed by atoms with Crippen LogP contribution < -0.4 is 10.6 Å². The second-order valence-electron chi connectivity index (χ2n) is 3.65. The molecule has 17 heavy (non-hydrogen) atoms. The molecule has 2 N–H and O–H groups in total. The Kier molecular flexibility index (Phi) is 5.55. The number of nitrogens with one attached hydrogen (secondary N) is 2. The first-order valence-corrected chi connectivity index (χ1v) is 5.70. The molecule has 0 aliphatic heterocycles. The first-order valence-electron chi connectivity index (χ1n) is 5.32. The summed E-state index contributed by atoms with van der Waals surface area (Å²) in [5, 5.41) is 6.34. The van der Waals surface area contributed by atoms with Gasteiger partial charge in [0.15, 0.2) is 0 Å². The number of carbonyl (C=O) groups excluding carboxylic acids is 1. The van der Waals surface area contributed by atoms with Crippen LogP contribution in [-0.4, -0.2) is 19.0 Å². The van der Waals surface area contributed by atoms with Crippen molar-refractivity contribution in [2.24, 2.45) is 0 Å². The van der Waals surface area contributed by atoms with Crippen LogP contribution in [0.1, 0.15) is 18.5 Å². The van der Waals surface area contributed by atoms with E-state index in [0.29, 0.717) is 11.6 Å². The second kappa shape index (κ2) is 6.95. The van der Waals surface area contributed by atoms with Crippen molar-refractivity contribution in [1.29, 1.82) is 0 Å². The van der Waals surface area contributed by atoms with Crippen LogP contribution in [0.4, 0.5) is 0 Å². The summed E-state index contributed by atoms with van der Waals surface area (Å²) in [4.78, 5) is 11.5. The lowest BCUT2D eigenvalue weighted by molar-refractivity contribution is -0.120. The quantitative estimate of drug-likeness (QED) is 0.617. The van der Waals surface area contributed by atoms with Crippen molar-refractivity contribution >= 4 is 17.5 Å². The van der Waals surface area contributed by atoms with Crippen LogP contribution in [0.2, 0.25) is 5.02 Å². The summed E-state index contributed by atoms with van der Waals surface area (Å²) < 4.78 is 0. The summed E-state index contributed by atoms with van der Waals surface area (Å²) in [6.45, 7) is 2.51. The molecule has 0 radical (unpaired) electrons. The number of benzene rings is 1. The Hall–Kier alpha value is -1.50. The van der Waals surface area contributed by atoms with Crippen LogP contribution in [0.3, 0.4) is 0 Å². The predicted molar refractivity (Wildman–Crippen MR) is 69.7 cm³/mol. The molecule has 1 amide bonds. The summed E-state index contributed by atoms with van der Waals surface area (Å²) >= 11 is 5.88. The van der Waals surface area contributed by atoms with Crippen LogP contribution in [0.25, 0.3) is 0 Å². The molecule has 0 saturated carbocycles. The highest BCUT2D eigenvalue weighted by molar-refractivity contribution is 6.30. The van der Waals surface area contributed by atoms with Gasteiger partial charge in [-0.15, -0.1) is 6.42 Å². The summed E-state index contributed by atoms with van der Waals surface area (Å²) in [5.74, 6) is 2.32. The third-order valence-corrected chi connectivity index (χ3v) is 2.47. The van der Waals surface area contributed by atoms with Gasteiger partial charge >= 0.3 is 0 Å². The maximum Gasteiger partial charge on any atom is 0.234 e. The van der Waals surface area contributed by atoms with Gasteiger partial charge in [0, 0.05) is 5.02 Å². The number of carbonyl (C=O) groups is 1. The molecule has 0 saturated heterocycles. The topological polar surface area (TPSA) is 41.1 Å². The van der Waals surface area contributed by atoms with Gasteiger partial charge in [-0.2, -0.15) is 0 Å². The number of rotatable bonds is 5. The third-order valence-electron chi connectivity index (χ3n) is 2.24. The first kappa shape index (κ1) is 13.6. The van der Waals surface area contributed by atoms with Crippen molar-refractivity contribution in [1.82, 2.24) is 10.6 Å². The van der Waals surface area contributed by atoms with Gasteiger partial charge in [-0.05, 0) is 24.6 Å². The smallest absolute Gasteiger partial charge is 0.234 e. The summed E-state index contributed by atoms with van der Waals surface area (Å²) in [6.07, 6.45) is 5.06. The fourth-order valence-electron chi connectivity index (χ4n) is 1.40. The van der Waals surface area contributed by atoms with Crippen molar-refractivity contribution in [2.45, 2.75) is 13.0 Å². The average Bonchev–Trinajstić information content (AvgIpc) is 2.29. The number of halogens is 1. The van der Waals surface area contributed by atoms with Crippen molar-refractivity contribution in [3.8, 4) is 12.3 Å². The van der Waals surface area contributed by atoms with Crippen LogP contribution >= 0.6 is 11.6 Å². The van der Waals surface area contributed by atoms with Gasteiger partial charge in [0.05, 0.1) is 19.1 Å². The molecule has 4 heteroatoms. The van der Waals surface area contributed by atoms with Crippen molar-refractivity contribution in [2.75, 3.05) is 13.1 Å². The largest absolute Gasteiger partial charge is 0.348 e. The molecule has 3 nitrogen and oxygen atoms in total. The molecule has 0 unspecified atom stereocenters. The van der Waals surface area contributed by atoms with E-state index in [2.05, 4.69) is 16.6 Å². The lowest BCUT2D eigenvalue weighted by Gasteiger charge is -2.14. The van der Waals surface area contributed by atoms with Gasteiger partial charge in [-0.25, -0.2) is 0 Å². The molecule has 0 bridgehead atoms. The molecule has 0 heterocycles. The van der Waals surface area contributed by atoms with E-state index >= 15 is 0 Å². The first-order chi connectivity index (χ1) is 8.13. The fourth-order valence-corrected chi connectivity index (χ4v) is 1.60. The van der Waals surface area contributed by atoms with Gasteiger partial charge in [-0.1, -0.05) is 29.7 Å². The maximum absolute atomic E-state index is 11.5. The van der Waals surface area contributed by atoms with Crippen LogP contribution in [0, 0.1) is 12.3 Å². The standard InChI is InChI=1S/C13H15ClN2O/c1-3-7-15-9-13(17)16-10(2)11-5-4-6-12(14)8-11/h1,4-6,8,10,15H,7,9H2,2H3,(H,16,17)/t10-/m0/s1. The molecular weight excluding hydrogens is 236 g/mol. The van der Waals surface area contributed by atoms with Gasteiger partial charge in [0.2, 0.25) is 5.91 Å². The van der Waals surface area contributed by atoms with Gasteiger partial charge in [0.1, 0.15) is 0 Å². The molecule has 0 fully saturated rings. The van der Waals surface area contributed by atoms with Crippen molar-refractivity contribution in [3.05, 3.63) is 34.9 Å². The van der Waals surface area contributed by atoms with Crippen molar-refractivity contribution in [3.63, 3.8) is 0 Å². The molecule has 0 aromatic heterocycles. The van der Waals surface area contributed by atoms with E-state index in [-0.39, 0.29) is 18.5 Å². The highest BCUT2D eigenvalue weighted by Gasteiger charge is 2.08. The second-order valence-corrected chi connectivity index (χ2v) is 4.09.